The summed E-state index contributed by atoms with van der Waals surface area (Å²) in [4.78, 5) is 12.1. The van der Waals surface area contributed by atoms with Crippen LogP contribution in [0.4, 0.5) is 4.79 Å². The van der Waals surface area contributed by atoms with Crippen LogP contribution in [0.3, 0.4) is 0 Å². The summed E-state index contributed by atoms with van der Waals surface area (Å²) in [6.07, 6.45) is -0.758. The van der Waals surface area contributed by atoms with Gasteiger partial charge >= 0.3 is 6.09 Å². The van der Waals surface area contributed by atoms with Crippen molar-refractivity contribution in [2.45, 2.75) is 0 Å². The second kappa shape index (κ2) is 6.87. The number of hydrogen-bond donors (Lipinski definition) is 1. The summed E-state index contributed by atoms with van der Waals surface area (Å²) in [5.41, 5.74) is 4.73. The van der Waals surface area contributed by atoms with E-state index < -0.39 is 6.09 Å². The highest BCUT2D eigenvalue weighted by Crippen LogP contribution is 1.80. The number of nitrogens with zero attached hydrogens (tertiary/aromatic N) is 1. The van der Waals surface area contributed by atoms with Crippen LogP contribution in [0.5, 0.6) is 0 Å². The fraction of sp³-hybridized carbons (Fsp3) is 0.857. The van der Waals surface area contributed by atoms with Crippen LogP contribution < -0.4 is 5.73 Å². The quantitative estimate of drug-likeness (QED) is 0.562. The van der Waals surface area contributed by atoms with E-state index in [-0.39, 0.29) is 6.61 Å². The normalized spacial score (nSPS) is 10.2. The molecule has 0 aromatic heterocycles. The molecule has 12 heavy (non-hydrogen) atoms. The summed E-state index contributed by atoms with van der Waals surface area (Å²) in [6.45, 7) is 2.12. The zero-order valence-electron chi connectivity index (χ0n) is 7.58. The predicted molar refractivity (Wildman–Crippen MR) is 44.9 cm³/mol. The SMILES string of the molecule is CN(C)CCOCCOC(N)=O. The molecule has 72 valence electrons. The lowest BCUT2D eigenvalue weighted by Gasteiger charge is -2.09. The van der Waals surface area contributed by atoms with Crippen LogP contribution in [0.15, 0.2) is 0 Å². The van der Waals surface area contributed by atoms with E-state index in [0.29, 0.717) is 13.2 Å². The Labute approximate surface area is 72.4 Å². The first kappa shape index (κ1) is 11.2. The van der Waals surface area contributed by atoms with E-state index >= 15 is 0 Å². The third kappa shape index (κ3) is 9.19. The molecule has 0 aromatic carbocycles. The molecule has 0 saturated heterocycles. The van der Waals surface area contributed by atoms with Crippen molar-refractivity contribution in [2.24, 2.45) is 5.73 Å². The van der Waals surface area contributed by atoms with E-state index in [9.17, 15) is 4.79 Å². The molecule has 0 unspecified atom stereocenters. The highest BCUT2D eigenvalue weighted by Gasteiger charge is 1.93. The molecule has 2 N–H and O–H groups in total. The van der Waals surface area contributed by atoms with Crippen molar-refractivity contribution in [1.29, 1.82) is 0 Å². The maximum absolute atomic E-state index is 10.1. The fourth-order valence-corrected chi connectivity index (χ4v) is 0.550. The van der Waals surface area contributed by atoms with Gasteiger partial charge in [0, 0.05) is 6.54 Å². The lowest BCUT2D eigenvalue weighted by atomic mass is 10.6. The van der Waals surface area contributed by atoms with Gasteiger partial charge in [-0.15, -0.1) is 0 Å². The van der Waals surface area contributed by atoms with Gasteiger partial charge in [0.2, 0.25) is 0 Å². The minimum atomic E-state index is -0.758. The number of amides is 1. The third-order valence-corrected chi connectivity index (χ3v) is 1.15. The second-order valence-corrected chi connectivity index (χ2v) is 2.58. The highest BCUT2D eigenvalue weighted by atomic mass is 16.6. The lowest BCUT2D eigenvalue weighted by Crippen LogP contribution is -2.20. The molecule has 0 bridgehead atoms. The van der Waals surface area contributed by atoms with Gasteiger partial charge < -0.3 is 20.1 Å². The second-order valence-electron chi connectivity index (χ2n) is 2.58. The van der Waals surface area contributed by atoms with Crippen molar-refractivity contribution in [1.82, 2.24) is 4.90 Å². The zero-order chi connectivity index (χ0) is 9.40. The molecule has 0 aromatic rings. The first-order valence-corrected chi connectivity index (χ1v) is 3.77. The monoisotopic (exact) mass is 176 g/mol. The number of likely N-dealkylation sites (N-methyl/N-ethyl adjacent to an activating group) is 1. The van der Waals surface area contributed by atoms with Gasteiger partial charge in [0.1, 0.15) is 6.61 Å². The summed E-state index contributed by atoms with van der Waals surface area (Å²) in [6, 6.07) is 0. The molecular formula is C7H16N2O3. The predicted octanol–water partition coefficient (Wildman–Crippen LogP) is -0.340. The molecule has 0 rings (SSSR count). The Hall–Kier alpha value is -0.810. The van der Waals surface area contributed by atoms with Gasteiger partial charge in [-0.05, 0) is 14.1 Å². The Kier molecular flexibility index (Phi) is 6.41. The topological polar surface area (TPSA) is 64.8 Å². The molecule has 0 fully saturated rings. The molecule has 0 aliphatic heterocycles. The molecular weight excluding hydrogens is 160 g/mol. The van der Waals surface area contributed by atoms with Gasteiger partial charge in [0.25, 0.3) is 0 Å². The number of nitrogens with two attached hydrogens (primary N) is 1. The van der Waals surface area contributed by atoms with E-state index in [0.717, 1.165) is 6.54 Å². The van der Waals surface area contributed by atoms with Gasteiger partial charge in [0.05, 0.1) is 13.2 Å². The Balaban J connectivity index is 2.96. The van der Waals surface area contributed by atoms with E-state index in [1.54, 1.807) is 0 Å². The summed E-state index contributed by atoms with van der Waals surface area (Å²) in [5.74, 6) is 0. The standard InChI is InChI=1S/C7H16N2O3/c1-9(2)3-4-11-5-6-12-7(8)10/h3-6H2,1-2H3,(H2,8,10). The van der Waals surface area contributed by atoms with Crippen LogP contribution in [0.1, 0.15) is 0 Å². The van der Waals surface area contributed by atoms with Crippen molar-refractivity contribution >= 4 is 6.09 Å². The van der Waals surface area contributed by atoms with E-state index in [1.807, 2.05) is 19.0 Å². The fourth-order valence-electron chi connectivity index (χ4n) is 0.550. The summed E-state index contributed by atoms with van der Waals surface area (Å²) in [5, 5.41) is 0. The maximum Gasteiger partial charge on any atom is 0.404 e. The maximum atomic E-state index is 10.1. The number of carbonyl (C=O) groups excluding carboxylic acids is 1. The molecule has 0 aliphatic carbocycles. The van der Waals surface area contributed by atoms with Crippen molar-refractivity contribution in [3.05, 3.63) is 0 Å². The highest BCUT2D eigenvalue weighted by molar-refractivity contribution is 5.64. The Morgan fingerprint density at radius 2 is 2.00 bits per heavy atom. The van der Waals surface area contributed by atoms with Gasteiger partial charge in [-0.25, -0.2) is 4.79 Å². The minimum absolute atomic E-state index is 0.225. The summed E-state index contributed by atoms with van der Waals surface area (Å²) < 4.78 is 9.57. The van der Waals surface area contributed by atoms with Crippen LogP contribution in [-0.4, -0.2) is 51.5 Å². The first-order valence-electron chi connectivity index (χ1n) is 3.77. The van der Waals surface area contributed by atoms with Gasteiger partial charge in [-0.1, -0.05) is 0 Å². The minimum Gasteiger partial charge on any atom is -0.447 e. The molecule has 0 radical (unpaired) electrons. The Bertz CT molecular complexity index is 128. The van der Waals surface area contributed by atoms with Gasteiger partial charge in [-0.2, -0.15) is 0 Å². The summed E-state index contributed by atoms with van der Waals surface area (Å²) >= 11 is 0. The third-order valence-electron chi connectivity index (χ3n) is 1.15. The molecule has 0 saturated carbocycles. The van der Waals surface area contributed by atoms with E-state index in [1.165, 1.54) is 0 Å². The van der Waals surface area contributed by atoms with Gasteiger partial charge in [0.15, 0.2) is 0 Å². The van der Waals surface area contributed by atoms with Crippen molar-refractivity contribution < 1.29 is 14.3 Å². The number of ether oxygens (including phenoxy) is 2. The molecule has 0 heterocycles. The number of hydrogen-bond acceptors (Lipinski definition) is 4. The van der Waals surface area contributed by atoms with Crippen LogP contribution >= 0.6 is 0 Å². The average molecular weight is 176 g/mol. The van der Waals surface area contributed by atoms with Crippen LogP contribution in [0.2, 0.25) is 0 Å². The Morgan fingerprint density at radius 1 is 1.33 bits per heavy atom. The number of rotatable bonds is 6. The molecule has 0 aliphatic rings. The van der Waals surface area contributed by atoms with Crippen molar-refractivity contribution in [3.63, 3.8) is 0 Å². The molecule has 0 atom stereocenters. The van der Waals surface area contributed by atoms with Crippen LogP contribution in [0, 0.1) is 0 Å². The first-order chi connectivity index (χ1) is 5.63. The van der Waals surface area contributed by atoms with Crippen LogP contribution in [0.25, 0.3) is 0 Å². The molecule has 1 amide bonds. The van der Waals surface area contributed by atoms with Crippen molar-refractivity contribution in [2.75, 3.05) is 40.5 Å². The number of primary amides is 1. The van der Waals surface area contributed by atoms with Gasteiger partial charge in [-0.3, -0.25) is 0 Å². The largest absolute Gasteiger partial charge is 0.447 e. The van der Waals surface area contributed by atoms with E-state index in [4.69, 9.17) is 10.5 Å². The van der Waals surface area contributed by atoms with E-state index in [2.05, 4.69) is 4.74 Å². The molecule has 5 nitrogen and oxygen atoms in total. The van der Waals surface area contributed by atoms with Crippen LogP contribution in [-0.2, 0) is 9.47 Å². The molecule has 0 spiro atoms. The molecule has 5 heteroatoms. The lowest BCUT2D eigenvalue weighted by molar-refractivity contribution is 0.0693. The number of carbonyl (C=O) groups is 1. The smallest absolute Gasteiger partial charge is 0.404 e. The summed E-state index contributed by atoms with van der Waals surface area (Å²) in [7, 11) is 3.92. The average Bonchev–Trinajstić information content (AvgIpc) is 1.95. The van der Waals surface area contributed by atoms with Crippen molar-refractivity contribution in [3.8, 4) is 0 Å². The zero-order valence-corrected chi connectivity index (χ0v) is 7.58. The Morgan fingerprint density at radius 3 is 2.50 bits per heavy atom.